The fourth-order valence-corrected chi connectivity index (χ4v) is 5.97. The molecule has 0 aliphatic carbocycles. The third-order valence-electron chi connectivity index (χ3n) is 7.85. The van der Waals surface area contributed by atoms with E-state index in [0.717, 1.165) is 54.2 Å². The van der Waals surface area contributed by atoms with Crippen LogP contribution in [0.4, 0.5) is 15.8 Å². The Morgan fingerprint density at radius 3 is 2.76 bits per heavy atom. The van der Waals surface area contributed by atoms with Crippen molar-refractivity contribution < 1.29 is 18.7 Å². The number of rotatable bonds is 10. The lowest BCUT2D eigenvalue weighted by molar-refractivity contribution is 0.0601. The Bertz CT molecular complexity index is 1590. The van der Waals surface area contributed by atoms with E-state index in [1.165, 1.54) is 13.2 Å². The molecule has 0 unspecified atom stereocenters. The molecule has 222 valence electrons. The molecule has 10 heteroatoms. The molecule has 0 bridgehead atoms. The summed E-state index contributed by atoms with van der Waals surface area (Å²) in [6.07, 6.45) is 1.90. The second kappa shape index (κ2) is 12.8. The molecule has 2 heterocycles. The molecular formula is C32H35Cl2FN4O3. The number of carbonyl (C=O) groups is 1. The topological polar surface area (TPSA) is 68.6 Å². The summed E-state index contributed by atoms with van der Waals surface area (Å²) in [5.41, 5.74) is 4.07. The van der Waals surface area contributed by atoms with Crippen LogP contribution in [-0.2, 0) is 11.3 Å². The van der Waals surface area contributed by atoms with Crippen LogP contribution in [0.1, 0.15) is 55.7 Å². The van der Waals surface area contributed by atoms with Gasteiger partial charge in [-0.1, -0.05) is 50.0 Å². The van der Waals surface area contributed by atoms with Crippen LogP contribution in [0.3, 0.4) is 0 Å². The van der Waals surface area contributed by atoms with Crippen molar-refractivity contribution in [3.8, 4) is 5.75 Å². The lowest BCUT2D eigenvalue weighted by Gasteiger charge is -2.41. The van der Waals surface area contributed by atoms with Crippen LogP contribution in [0.15, 0.2) is 54.6 Å². The first-order valence-electron chi connectivity index (χ1n) is 14.1. The highest BCUT2D eigenvalue weighted by Gasteiger charge is 2.34. The van der Waals surface area contributed by atoms with Crippen LogP contribution in [-0.4, -0.2) is 41.9 Å². The summed E-state index contributed by atoms with van der Waals surface area (Å²) in [6.45, 7) is 8.30. The van der Waals surface area contributed by atoms with E-state index in [-0.39, 0.29) is 35.4 Å². The zero-order valence-corrected chi connectivity index (χ0v) is 25.7. The minimum absolute atomic E-state index is 0.00892. The molecule has 0 spiro atoms. The Morgan fingerprint density at radius 2 is 2.00 bits per heavy atom. The average molecular weight is 614 g/mol. The van der Waals surface area contributed by atoms with E-state index in [2.05, 4.69) is 35.6 Å². The van der Waals surface area contributed by atoms with Crippen LogP contribution in [0.2, 0.25) is 10.0 Å². The molecule has 2 atom stereocenters. The normalized spacial score (nSPS) is 16.4. The number of nitrogens with one attached hydrogen (secondary N) is 1. The molecule has 0 amide bonds. The summed E-state index contributed by atoms with van der Waals surface area (Å²) in [4.78, 5) is 19.6. The lowest BCUT2D eigenvalue weighted by atomic mass is 9.91. The molecule has 4 aromatic rings. The maximum Gasteiger partial charge on any atom is 0.337 e. The molecule has 1 aliphatic heterocycles. The summed E-state index contributed by atoms with van der Waals surface area (Å²) in [7, 11) is 1.38. The third-order valence-corrected chi connectivity index (χ3v) is 8.38. The third kappa shape index (κ3) is 6.15. The van der Waals surface area contributed by atoms with E-state index in [1.54, 1.807) is 24.3 Å². The van der Waals surface area contributed by atoms with Crippen molar-refractivity contribution in [2.24, 2.45) is 5.92 Å². The second-order valence-electron chi connectivity index (χ2n) is 11.0. The number of benzene rings is 3. The quantitative estimate of drug-likeness (QED) is 0.144. The Labute approximate surface area is 255 Å². The van der Waals surface area contributed by atoms with Crippen molar-refractivity contribution in [3.05, 3.63) is 81.8 Å². The first kappa shape index (κ1) is 30.0. The predicted molar refractivity (Wildman–Crippen MR) is 167 cm³/mol. The van der Waals surface area contributed by atoms with E-state index >= 15 is 0 Å². The summed E-state index contributed by atoms with van der Waals surface area (Å²) < 4.78 is 27.3. The van der Waals surface area contributed by atoms with Crippen LogP contribution in [0.25, 0.3) is 11.0 Å². The fraction of sp³-hybridized carbons (Fsp3) is 0.375. The van der Waals surface area contributed by atoms with Crippen LogP contribution in [0, 0.1) is 11.7 Å². The largest absolute Gasteiger partial charge is 0.470 e. The van der Waals surface area contributed by atoms with Gasteiger partial charge in [-0.05, 0) is 67.3 Å². The number of nitrogens with zero attached hydrogens (tertiary/aromatic N) is 3. The first-order valence-corrected chi connectivity index (χ1v) is 14.9. The summed E-state index contributed by atoms with van der Waals surface area (Å²) in [6, 6.07) is 16.1. The fourth-order valence-electron chi connectivity index (χ4n) is 5.63. The maximum absolute atomic E-state index is 14.4. The Balaban J connectivity index is 1.45. The van der Waals surface area contributed by atoms with Crippen molar-refractivity contribution in [3.63, 3.8) is 0 Å². The van der Waals surface area contributed by atoms with Crippen LogP contribution in [0.5, 0.6) is 5.75 Å². The highest BCUT2D eigenvalue weighted by atomic mass is 35.5. The smallest absolute Gasteiger partial charge is 0.337 e. The summed E-state index contributed by atoms with van der Waals surface area (Å²) in [5, 5.41) is 3.90. The van der Waals surface area contributed by atoms with Gasteiger partial charge in [0.25, 0.3) is 0 Å². The zero-order valence-electron chi connectivity index (χ0n) is 24.2. The highest BCUT2D eigenvalue weighted by Crippen LogP contribution is 2.39. The number of aryl methyl sites for hydroxylation is 1. The van der Waals surface area contributed by atoms with Crippen molar-refractivity contribution in [2.75, 3.05) is 30.6 Å². The van der Waals surface area contributed by atoms with Gasteiger partial charge in [0.2, 0.25) is 0 Å². The molecule has 3 aromatic carbocycles. The first-order chi connectivity index (χ1) is 20.2. The molecule has 1 aromatic heterocycles. The SMILES string of the molecule is COC(=O)c1ccc2c(c1)nc1n2CC[C@H](N(CCC(C)C)c2ccc(Cl)cc2NCOc2cccc(Cl)c2F)[C@@H]1C. The van der Waals surface area contributed by atoms with E-state index in [4.69, 9.17) is 37.7 Å². The molecule has 0 saturated heterocycles. The number of methoxy groups -OCH3 is 1. The second-order valence-corrected chi connectivity index (χ2v) is 11.9. The zero-order chi connectivity index (χ0) is 30.0. The molecule has 0 radical (unpaired) electrons. The molecular weight excluding hydrogens is 578 g/mol. The lowest BCUT2D eigenvalue weighted by Crippen LogP contribution is -2.44. The number of carbonyl (C=O) groups excluding carboxylic acids is 1. The van der Waals surface area contributed by atoms with Gasteiger partial charge in [-0.3, -0.25) is 0 Å². The predicted octanol–water partition coefficient (Wildman–Crippen LogP) is 8.15. The van der Waals surface area contributed by atoms with Crippen molar-refractivity contribution in [1.82, 2.24) is 9.55 Å². The number of anilines is 2. The number of hydrogen-bond acceptors (Lipinski definition) is 6. The van der Waals surface area contributed by atoms with Gasteiger partial charge in [0, 0.05) is 30.1 Å². The van der Waals surface area contributed by atoms with Gasteiger partial charge in [0.15, 0.2) is 18.3 Å². The number of fused-ring (bicyclic) bond motifs is 3. The van der Waals surface area contributed by atoms with E-state index < -0.39 is 5.82 Å². The standard InChI is InChI=1S/C32H35Cl2FN4O3/c1-19(2)12-14-38(27-11-9-22(33)17-24(27)36-18-42-29-7-5-6-23(34)30(29)35)26-13-15-39-28-10-8-21(32(40)41-4)16-25(28)37-31(39)20(26)3/h5-11,16-17,19-20,26,36H,12-15,18H2,1-4H3/t20-,26-/m0/s1. The average Bonchev–Trinajstić information content (AvgIpc) is 3.35. The van der Waals surface area contributed by atoms with Crippen molar-refractivity contribution in [2.45, 2.75) is 52.1 Å². The Kier molecular flexibility index (Phi) is 9.13. The molecule has 5 rings (SSSR count). The monoisotopic (exact) mass is 612 g/mol. The Morgan fingerprint density at radius 1 is 1.19 bits per heavy atom. The van der Waals surface area contributed by atoms with Crippen LogP contribution < -0.4 is 15.0 Å². The van der Waals surface area contributed by atoms with E-state index in [1.807, 2.05) is 24.3 Å². The maximum atomic E-state index is 14.4. The summed E-state index contributed by atoms with van der Waals surface area (Å²) >= 11 is 12.4. The molecule has 0 saturated carbocycles. The minimum Gasteiger partial charge on any atom is -0.470 e. The number of imidazole rings is 1. The molecule has 1 aliphatic rings. The summed E-state index contributed by atoms with van der Waals surface area (Å²) in [5.74, 6) is 0.694. The van der Waals surface area contributed by atoms with Crippen molar-refractivity contribution >= 4 is 51.6 Å². The number of halogens is 3. The number of aromatic nitrogens is 2. The highest BCUT2D eigenvalue weighted by molar-refractivity contribution is 6.31. The van der Waals surface area contributed by atoms with E-state index in [0.29, 0.717) is 16.5 Å². The molecule has 0 fully saturated rings. The minimum atomic E-state index is -0.594. The molecule has 7 nitrogen and oxygen atoms in total. The van der Waals surface area contributed by atoms with Gasteiger partial charge >= 0.3 is 5.97 Å². The molecule has 42 heavy (non-hydrogen) atoms. The van der Waals surface area contributed by atoms with Gasteiger partial charge in [0.1, 0.15) is 5.82 Å². The van der Waals surface area contributed by atoms with Gasteiger partial charge in [0.05, 0.1) is 40.1 Å². The Hall–Kier alpha value is -3.49. The van der Waals surface area contributed by atoms with Crippen molar-refractivity contribution in [1.29, 1.82) is 0 Å². The number of ether oxygens (including phenoxy) is 2. The van der Waals surface area contributed by atoms with Gasteiger partial charge in [-0.25, -0.2) is 14.2 Å². The number of esters is 1. The van der Waals surface area contributed by atoms with Gasteiger partial charge in [-0.2, -0.15) is 0 Å². The van der Waals surface area contributed by atoms with Gasteiger partial charge < -0.3 is 24.3 Å². The van der Waals surface area contributed by atoms with Gasteiger partial charge in [-0.15, -0.1) is 0 Å². The number of hydrogen-bond donors (Lipinski definition) is 1. The molecule has 1 N–H and O–H groups in total. The van der Waals surface area contributed by atoms with Crippen LogP contribution >= 0.6 is 23.2 Å². The van der Waals surface area contributed by atoms with E-state index in [9.17, 15) is 9.18 Å².